The summed E-state index contributed by atoms with van der Waals surface area (Å²) in [7, 11) is 0. The number of phenols is 2. The number of hydrogen-bond donors (Lipinski definition) is 3. The van der Waals surface area contributed by atoms with Crippen LogP contribution in [-0.4, -0.2) is 16.8 Å². The third-order valence-corrected chi connectivity index (χ3v) is 3.39. The normalized spacial score (nSPS) is 10.3. The molecule has 0 amide bonds. The molecule has 3 heteroatoms. The SMILES string of the molecule is C=C(Cc1ccc(C)c(O)c1)NCCc1cccc(O)c1. The molecule has 21 heavy (non-hydrogen) atoms. The Morgan fingerprint density at radius 3 is 2.62 bits per heavy atom. The smallest absolute Gasteiger partial charge is 0.118 e. The highest BCUT2D eigenvalue weighted by Crippen LogP contribution is 2.18. The van der Waals surface area contributed by atoms with E-state index in [0.717, 1.165) is 35.4 Å². The molecule has 2 aromatic rings. The minimum atomic E-state index is 0.293. The van der Waals surface area contributed by atoms with E-state index >= 15 is 0 Å². The van der Waals surface area contributed by atoms with E-state index in [4.69, 9.17) is 0 Å². The maximum Gasteiger partial charge on any atom is 0.118 e. The molecule has 3 N–H and O–H groups in total. The Labute approximate surface area is 125 Å². The van der Waals surface area contributed by atoms with Crippen LogP contribution in [0.15, 0.2) is 54.7 Å². The number of allylic oxidation sites excluding steroid dienone is 1. The summed E-state index contributed by atoms with van der Waals surface area (Å²) in [4.78, 5) is 0. The van der Waals surface area contributed by atoms with Crippen molar-refractivity contribution < 1.29 is 10.2 Å². The molecule has 2 aromatic carbocycles. The van der Waals surface area contributed by atoms with E-state index in [1.807, 2.05) is 31.2 Å². The third kappa shape index (κ3) is 4.56. The van der Waals surface area contributed by atoms with Crippen molar-refractivity contribution in [3.05, 3.63) is 71.4 Å². The van der Waals surface area contributed by atoms with Gasteiger partial charge in [-0.05, 0) is 48.2 Å². The molecule has 3 nitrogen and oxygen atoms in total. The fourth-order valence-corrected chi connectivity index (χ4v) is 2.17. The Bertz CT molecular complexity index is 635. The van der Waals surface area contributed by atoms with Gasteiger partial charge in [-0.2, -0.15) is 0 Å². The minimum Gasteiger partial charge on any atom is -0.508 e. The van der Waals surface area contributed by atoms with Gasteiger partial charge in [0.1, 0.15) is 11.5 Å². The molecule has 0 aliphatic carbocycles. The van der Waals surface area contributed by atoms with Gasteiger partial charge in [-0.25, -0.2) is 0 Å². The Balaban J connectivity index is 1.81. The molecule has 0 saturated carbocycles. The second-order valence-electron chi connectivity index (χ2n) is 5.25. The van der Waals surface area contributed by atoms with Crippen LogP contribution in [0.1, 0.15) is 16.7 Å². The average molecular weight is 283 g/mol. The predicted octanol–water partition coefficient (Wildman–Crippen LogP) is 3.29. The number of phenolic OH excluding ortho intramolecular Hbond substituents is 2. The molecule has 0 unspecified atom stereocenters. The van der Waals surface area contributed by atoms with Crippen LogP contribution in [0, 0.1) is 6.92 Å². The maximum absolute atomic E-state index is 9.69. The molecule has 0 aliphatic heterocycles. The monoisotopic (exact) mass is 283 g/mol. The number of hydrogen-bond acceptors (Lipinski definition) is 3. The van der Waals surface area contributed by atoms with Crippen LogP contribution in [0.2, 0.25) is 0 Å². The molecule has 0 spiro atoms. The van der Waals surface area contributed by atoms with Crippen molar-refractivity contribution in [1.82, 2.24) is 5.32 Å². The number of benzene rings is 2. The predicted molar refractivity (Wildman–Crippen MR) is 85.5 cm³/mol. The second-order valence-corrected chi connectivity index (χ2v) is 5.25. The Morgan fingerprint density at radius 1 is 1.10 bits per heavy atom. The zero-order valence-corrected chi connectivity index (χ0v) is 12.3. The number of aromatic hydroxyl groups is 2. The van der Waals surface area contributed by atoms with Crippen molar-refractivity contribution in [3.63, 3.8) is 0 Å². The lowest BCUT2D eigenvalue weighted by Gasteiger charge is -2.11. The summed E-state index contributed by atoms with van der Waals surface area (Å²) in [5, 5.41) is 22.4. The summed E-state index contributed by atoms with van der Waals surface area (Å²) in [6, 6.07) is 12.9. The molecule has 0 aliphatic rings. The topological polar surface area (TPSA) is 52.5 Å². The molecule has 0 radical (unpaired) electrons. The fourth-order valence-electron chi connectivity index (χ4n) is 2.17. The van der Waals surface area contributed by atoms with Gasteiger partial charge in [0.05, 0.1) is 0 Å². The summed E-state index contributed by atoms with van der Waals surface area (Å²) in [5.41, 5.74) is 3.91. The number of aryl methyl sites for hydroxylation is 1. The fraction of sp³-hybridized carbons (Fsp3) is 0.222. The van der Waals surface area contributed by atoms with Gasteiger partial charge in [0.2, 0.25) is 0 Å². The van der Waals surface area contributed by atoms with Crippen LogP contribution in [-0.2, 0) is 12.8 Å². The van der Waals surface area contributed by atoms with Crippen LogP contribution in [0.3, 0.4) is 0 Å². The van der Waals surface area contributed by atoms with Crippen LogP contribution in [0.5, 0.6) is 11.5 Å². The van der Waals surface area contributed by atoms with Crippen LogP contribution < -0.4 is 5.32 Å². The molecule has 0 heterocycles. The van der Waals surface area contributed by atoms with Crippen LogP contribution in [0.4, 0.5) is 0 Å². The van der Waals surface area contributed by atoms with Crippen molar-refractivity contribution in [2.45, 2.75) is 19.8 Å². The number of nitrogens with one attached hydrogen (secondary N) is 1. The largest absolute Gasteiger partial charge is 0.508 e. The molecule has 0 aromatic heterocycles. The molecule has 0 atom stereocenters. The van der Waals surface area contributed by atoms with Crippen molar-refractivity contribution in [3.8, 4) is 11.5 Å². The standard InChI is InChI=1S/C18H21NO2/c1-13-6-7-16(12-18(13)21)10-14(2)19-9-8-15-4-3-5-17(20)11-15/h3-7,11-12,19-21H,2,8-10H2,1H3. The zero-order valence-electron chi connectivity index (χ0n) is 12.3. The molecule has 0 bridgehead atoms. The number of rotatable bonds is 6. The minimum absolute atomic E-state index is 0.293. The van der Waals surface area contributed by atoms with E-state index in [1.165, 1.54) is 0 Å². The molecule has 0 saturated heterocycles. The van der Waals surface area contributed by atoms with Crippen molar-refractivity contribution in [1.29, 1.82) is 0 Å². The lowest BCUT2D eigenvalue weighted by molar-refractivity contribution is 0.470. The highest BCUT2D eigenvalue weighted by molar-refractivity contribution is 5.36. The Kier molecular flexibility index (Phi) is 4.88. The molecule has 0 fully saturated rings. The van der Waals surface area contributed by atoms with Gasteiger partial charge in [-0.1, -0.05) is 30.8 Å². The first-order valence-electron chi connectivity index (χ1n) is 7.02. The third-order valence-electron chi connectivity index (χ3n) is 3.39. The first-order chi connectivity index (χ1) is 10.0. The molecule has 2 rings (SSSR count). The summed E-state index contributed by atoms with van der Waals surface area (Å²) >= 11 is 0. The van der Waals surface area contributed by atoms with Gasteiger partial charge in [-0.3, -0.25) is 0 Å². The van der Waals surface area contributed by atoms with Gasteiger partial charge in [0.15, 0.2) is 0 Å². The van der Waals surface area contributed by atoms with Gasteiger partial charge < -0.3 is 15.5 Å². The summed E-state index contributed by atoms with van der Waals surface area (Å²) in [6.45, 7) is 6.65. The van der Waals surface area contributed by atoms with E-state index in [-0.39, 0.29) is 0 Å². The first kappa shape index (κ1) is 15.0. The van der Waals surface area contributed by atoms with E-state index in [1.54, 1.807) is 18.2 Å². The maximum atomic E-state index is 9.69. The lowest BCUT2D eigenvalue weighted by atomic mass is 10.1. The first-order valence-corrected chi connectivity index (χ1v) is 7.02. The van der Waals surface area contributed by atoms with Crippen molar-refractivity contribution >= 4 is 0 Å². The van der Waals surface area contributed by atoms with Crippen molar-refractivity contribution in [2.75, 3.05) is 6.54 Å². The Hall–Kier alpha value is -2.42. The average Bonchev–Trinajstić information content (AvgIpc) is 2.43. The Morgan fingerprint density at radius 2 is 1.90 bits per heavy atom. The highest BCUT2D eigenvalue weighted by Gasteiger charge is 2.01. The van der Waals surface area contributed by atoms with Gasteiger partial charge in [-0.15, -0.1) is 0 Å². The quantitative estimate of drug-likeness (QED) is 0.762. The summed E-state index contributed by atoms with van der Waals surface area (Å²) < 4.78 is 0. The molecule has 110 valence electrons. The van der Waals surface area contributed by atoms with Gasteiger partial charge in [0.25, 0.3) is 0 Å². The lowest BCUT2D eigenvalue weighted by Crippen LogP contribution is -2.17. The van der Waals surface area contributed by atoms with Crippen LogP contribution >= 0.6 is 0 Å². The summed E-state index contributed by atoms with van der Waals surface area (Å²) in [6.07, 6.45) is 1.51. The molecular formula is C18H21NO2. The van der Waals surface area contributed by atoms with Crippen molar-refractivity contribution in [2.24, 2.45) is 0 Å². The van der Waals surface area contributed by atoms with E-state index in [9.17, 15) is 10.2 Å². The van der Waals surface area contributed by atoms with E-state index in [0.29, 0.717) is 17.9 Å². The van der Waals surface area contributed by atoms with Crippen LogP contribution in [0.25, 0.3) is 0 Å². The second kappa shape index (κ2) is 6.84. The zero-order chi connectivity index (χ0) is 15.2. The van der Waals surface area contributed by atoms with E-state index < -0.39 is 0 Å². The summed E-state index contributed by atoms with van der Waals surface area (Å²) in [5.74, 6) is 0.613. The molecular weight excluding hydrogens is 262 g/mol. The highest BCUT2D eigenvalue weighted by atomic mass is 16.3. The van der Waals surface area contributed by atoms with E-state index in [2.05, 4.69) is 11.9 Å². The van der Waals surface area contributed by atoms with Gasteiger partial charge >= 0.3 is 0 Å². The van der Waals surface area contributed by atoms with Gasteiger partial charge in [0, 0.05) is 18.7 Å².